The molecule has 1 aromatic rings. The maximum atomic E-state index is 12.1. The van der Waals surface area contributed by atoms with E-state index in [1.165, 1.54) is 6.07 Å². The Morgan fingerprint density at radius 2 is 2.44 bits per heavy atom. The minimum atomic E-state index is -3.51. The van der Waals surface area contributed by atoms with Crippen molar-refractivity contribution < 1.29 is 18.3 Å². The predicted octanol–water partition coefficient (Wildman–Crippen LogP) is 1.09. The molecule has 0 bridgehead atoms. The van der Waals surface area contributed by atoms with Crippen molar-refractivity contribution in [1.29, 1.82) is 0 Å². The molecule has 1 aliphatic heterocycles. The number of rotatable bonds is 5. The quantitative estimate of drug-likeness (QED) is 0.851. The summed E-state index contributed by atoms with van der Waals surface area (Å²) in [5.74, 6) is 0. The van der Waals surface area contributed by atoms with Crippen LogP contribution in [-0.4, -0.2) is 32.3 Å². The molecule has 7 heteroatoms. The first-order valence-electron chi connectivity index (χ1n) is 5.85. The van der Waals surface area contributed by atoms with Gasteiger partial charge in [0.05, 0.1) is 12.7 Å². The first-order chi connectivity index (χ1) is 8.53. The SMILES string of the molecule is CC(NS(=O)(=O)c1cc(CO)cs1)C1CCCO1. The molecule has 0 amide bonds. The molecule has 5 nitrogen and oxygen atoms in total. The van der Waals surface area contributed by atoms with Crippen LogP contribution in [0.1, 0.15) is 25.3 Å². The molecule has 0 radical (unpaired) electrons. The highest BCUT2D eigenvalue weighted by Gasteiger charge is 2.27. The van der Waals surface area contributed by atoms with Gasteiger partial charge in [-0.1, -0.05) is 0 Å². The van der Waals surface area contributed by atoms with Gasteiger partial charge in [0, 0.05) is 12.6 Å². The zero-order chi connectivity index (χ0) is 13.2. The van der Waals surface area contributed by atoms with Crippen LogP contribution in [0.15, 0.2) is 15.7 Å². The van der Waals surface area contributed by atoms with Crippen LogP contribution in [0.4, 0.5) is 0 Å². The minimum Gasteiger partial charge on any atom is -0.392 e. The van der Waals surface area contributed by atoms with Crippen molar-refractivity contribution in [3.05, 3.63) is 17.0 Å². The van der Waals surface area contributed by atoms with Gasteiger partial charge in [-0.05, 0) is 36.8 Å². The van der Waals surface area contributed by atoms with Crippen LogP contribution >= 0.6 is 11.3 Å². The molecule has 0 aliphatic carbocycles. The van der Waals surface area contributed by atoms with Gasteiger partial charge in [0.25, 0.3) is 0 Å². The molecule has 2 unspecified atom stereocenters. The van der Waals surface area contributed by atoms with Gasteiger partial charge in [-0.3, -0.25) is 0 Å². The number of aliphatic hydroxyl groups is 1. The van der Waals surface area contributed by atoms with Crippen molar-refractivity contribution in [3.63, 3.8) is 0 Å². The van der Waals surface area contributed by atoms with Crippen LogP contribution in [0.5, 0.6) is 0 Å². The third-order valence-electron chi connectivity index (χ3n) is 2.94. The van der Waals surface area contributed by atoms with Gasteiger partial charge >= 0.3 is 0 Å². The summed E-state index contributed by atoms with van der Waals surface area (Å²) in [6.07, 6.45) is 1.82. The number of nitrogens with one attached hydrogen (secondary N) is 1. The lowest BCUT2D eigenvalue weighted by Gasteiger charge is -2.19. The fraction of sp³-hybridized carbons (Fsp3) is 0.636. The van der Waals surface area contributed by atoms with Gasteiger partial charge in [-0.25, -0.2) is 13.1 Å². The van der Waals surface area contributed by atoms with Crippen molar-refractivity contribution in [1.82, 2.24) is 4.72 Å². The molecule has 0 spiro atoms. The maximum absolute atomic E-state index is 12.1. The maximum Gasteiger partial charge on any atom is 0.250 e. The number of hydrogen-bond donors (Lipinski definition) is 2. The Balaban J connectivity index is 2.06. The lowest BCUT2D eigenvalue weighted by atomic mass is 10.1. The zero-order valence-electron chi connectivity index (χ0n) is 10.1. The van der Waals surface area contributed by atoms with Crippen LogP contribution in [-0.2, 0) is 21.4 Å². The Hall–Kier alpha value is -0.470. The van der Waals surface area contributed by atoms with E-state index in [-0.39, 0.29) is 23.0 Å². The van der Waals surface area contributed by atoms with Crippen LogP contribution in [0.2, 0.25) is 0 Å². The van der Waals surface area contributed by atoms with Crippen molar-refractivity contribution in [2.24, 2.45) is 0 Å². The Morgan fingerprint density at radius 3 is 3.00 bits per heavy atom. The van der Waals surface area contributed by atoms with Gasteiger partial charge in [0.1, 0.15) is 4.21 Å². The summed E-state index contributed by atoms with van der Waals surface area (Å²) < 4.78 is 32.5. The lowest BCUT2D eigenvalue weighted by molar-refractivity contribution is 0.0902. The van der Waals surface area contributed by atoms with E-state index in [4.69, 9.17) is 9.84 Å². The van der Waals surface area contributed by atoms with Gasteiger partial charge in [0.15, 0.2) is 0 Å². The smallest absolute Gasteiger partial charge is 0.250 e. The van der Waals surface area contributed by atoms with E-state index in [0.29, 0.717) is 12.2 Å². The predicted molar refractivity (Wildman–Crippen MR) is 69.0 cm³/mol. The molecule has 18 heavy (non-hydrogen) atoms. The molecule has 2 N–H and O–H groups in total. The second-order valence-electron chi connectivity index (χ2n) is 4.39. The Kier molecular flexibility index (Phi) is 4.39. The van der Waals surface area contributed by atoms with Crippen LogP contribution in [0.25, 0.3) is 0 Å². The Morgan fingerprint density at radius 1 is 1.67 bits per heavy atom. The second kappa shape index (κ2) is 5.66. The fourth-order valence-electron chi connectivity index (χ4n) is 1.95. The zero-order valence-corrected chi connectivity index (χ0v) is 11.8. The molecule has 2 atom stereocenters. The van der Waals surface area contributed by atoms with E-state index in [1.807, 2.05) is 6.92 Å². The topological polar surface area (TPSA) is 75.6 Å². The van der Waals surface area contributed by atoms with E-state index < -0.39 is 10.0 Å². The number of aliphatic hydroxyl groups excluding tert-OH is 1. The second-order valence-corrected chi connectivity index (χ2v) is 7.25. The highest BCUT2D eigenvalue weighted by atomic mass is 32.2. The van der Waals surface area contributed by atoms with Gasteiger partial charge in [-0.2, -0.15) is 0 Å². The largest absolute Gasteiger partial charge is 0.392 e. The van der Waals surface area contributed by atoms with E-state index in [0.717, 1.165) is 24.2 Å². The average molecular weight is 291 g/mol. The third-order valence-corrected chi connectivity index (χ3v) is 5.99. The lowest BCUT2D eigenvalue weighted by Crippen LogP contribution is -2.40. The molecule has 102 valence electrons. The summed E-state index contributed by atoms with van der Waals surface area (Å²) >= 11 is 1.11. The molecule has 2 heterocycles. The van der Waals surface area contributed by atoms with Crippen molar-refractivity contribution >= 4 is 21.4 Å². The molecule has 2 rings (SSSR count). The normalized spacial score (nSPS) is 22.2. The Labute approximate surface area is 111 Å². The van der Waals surface area contributed by atoms with Crippen molar-refractivity contribution in [3.8, 4) is 0 Å². The monoisotopic (exact) mass is 291 g/mol. The third kappa shape index (κ3) is 3.10. The van der Waals surface area contributed by atoms with E-state index in [2.05, 4.69) is 4.72 Å². The van der Waals surface area contributed by atoms with Crippen molar-refractivity contribution in [2.75, 3.05) is 6.61 Å². The van der Waals surface area contributed by atoms with Crippen molar-refractivity contribution in [2.45, 2.75) is 42.7 Å². The fourth-order valence-corrected chi connectivity index (χ4v) is 4.44. The molecular formula is C11H17NO4S2. The van der Waals surface area contributed by atoms with Gasteiger partial charge in [0.2, 0.25) is 10.0 Å². The molecule has 1 aliphatic rings. The summed E-state index contributed by atoms with van der Waals surface area (Å²) in [5, 5.41) is 10.6. The molecule has 1 aromatic heterocycles. The number of thiophene rings is 1. The summed E-state index contributed by atoms with van der Waals surface area (Å²) in [7, 11) is -3.51. The first kappa shape index (κ1) is 14.0. The Bertz CT molecular complexity index is 491. The van der Waals surface area contributed by atoms with E-state index in [1.54, 1.807) is 5.38 Å². The number of hydrogen-bond acceptors (Lipinski definition) is 5. The molecule has 0 aromatic carbocycles. The van der Waals surface area contributed by atoms with Crippen LogP contribution in [0.3, 0.4) is 0 Å². The van der Waals surface area contributed by atoms with Crippen LogP contribution < -0.4 is 4.72 Å². The highest BCUT2D eigenvalue weighted by Crippen LogP contribution is 2.22. The molecule has 1 fully saturated rings. The number of ether oxygens (including phenoxy) is 1. The summed E-state index contributed by atoms with van der Waals surface area (Å²) in [6.45, 7) is 2.37. The standard InChI is InChI=1S/C11H17NO4S2/c1-8(10-3-2-4-16-10)12-18(14,15)11-5-9(6-13)7-17-11/h5,7-8,10,12-13H,2-4,6H2,1H3. The summed E-state index contributed by atoms with van der Waals surface area (Å²) in [4.78, 5) is 0. The minimum absolute atomic E-state index is 0.0444. The van der Waals surface area contributed by atoms with Crippen LogP contribution in [0, 0.1) is 0 Å². The average Bonchev–Trinajstić information content (AvgIpc) is 3.00. The van der Waals surface area contributed by atoms with E-state index >= 15 is 0 Å². The highest BCUT2D eigenvalue weighted by molar-refractivity contribution is 7.91. The van der Waals surface area contributed by atoms with E-state index in [9.17, 15) is 8.42 Å². The molecular weight excluding hydrogens is 274 g/mol. The van der Waals surface area contributed by atoms with Gasteiger partial charge in [-0.15, -0.1) is 11.3 Å². The summed E-state index contributed by atoms with van der Waals surface area (Å²) in [6, 6.07) is 1.26. The van der Waals surface area contributed by atoms with Gasteiger partial charge < -0.3 is 9.84 Å². The summed E-state index contributed by atoms with van der Waals surface area (Å²) in [5.41, 5.74) is 0.616. The first-order valence-corrected chi connectivity index (χ1v) is 8.21. The number of sulfonamides is 1. The molecule has 0 saturated carbocycles. The molecule has 1 saturated heterocycles.